The van der Waals surface area contributed by atoms with Crippen molar-refractivity contribution in [2.45, 2.75) is 45.2 Å². The summed E-state index contributed by atoms with van der Waals surface area (Å²) in [6.07, 6.45) is 6.69. The normalized spacial score (nSPS) is 21.5. The summed E-state index contributed by atoms with van der Waals surface area (Å²) in [6, 6.07) is 4.06. The van der Waals surface area contributed by atoms with Crippen molar-refractivity contribution in [3.05, 3.63) is 30.1 Å². The summed E-state index contributed by atoms with van der Waals surface area (Å²) < 4.78 is 0. The van der Waals surface area contributed by atoms with Gasteiger partial charge >= 0.3 is 0 Å². The fourth-order valence-electron chi connectivity index (χ4n) is 2.60. The average Bonchev–Trinajstić information content (AvgIpc) is 2.46. The van der Waals surface area contributed by atoms with E-state index in [1.807, 2.05) is 23.2 Å². The van der Waals surface area contributed by atoms with Crippen LogP contribution in [0.5, 0.6) is 0 Å². The average molecular weight is 261 g/mol. The van der Waals surface area contributed by atoms with Crippen molar-refractivity contribution in [1.82, 2.24) is 15.2 Å². The third kappa shape index (κ3) is 3.32. The van der Waals surface area contributed by atoms with Gasteiger partial charge in [-0.25, -0.2) is 0 Å². The van der Waals surface area contributed by atoms with E-state index in [9.17, 15) is 4.79 Å². The smallest absolute Gasteiger partial charge is 0.240 e. The van der Waals surface area contributed by atoms with Gasteiger partial charge < -0.3 is 10.2 Å². The van der Waals surface area contributed by atoms with Gasteiger partial charge in [-0.05, 0) is 44.4 Å². The van der Waals surface area contributed by atoms with Gasteiger partial charge in [0.05, 0.1) is 12.1 Å². The SMILES string of the molecule is CCCNC1CCCN(C(C)c2cccnc2)C1=O. The van der Waals surface area contributed by atoms with Crippen LogP contribution in [0.1, 0.15) is 44.7 Å². The van der Waals surface area contributed by atoms with Crippen molar-refractivity contribution in [3.63, 3.8) is 0 Å². The molecule has 1 aromatic rings. The Hall–Kier alpha value is -1.42. The van der Waals surface area contributed by atoms with Crippen molar-refractivity contribution in [3.8, 4) is 0 Å². The first-order valence-electron chi connectivity index (χ1n) is 7.17. The maximum atomic E-state index is 12.5. The van der Waals surface area contributed by atoms with Gasteiger partial charge in [0, 0.05) is 18.9 Å². The quantitative estimate of drug-likeness (QED) is 0.883. The maximum Gasteiger partial charge on any atom is 0.240 e. The van der Waals surface area contributed by atoms with E-state index in [0.29, 0.717) is 0 Å². The molecule has 2 heterocycles. The highest BCUT2D eigenvalue weighted by atomic mass is 16.2. The molecule has 2 unspecified atom stereocenters. The van der Waals surface area contributed by atoms with Gasteiger partial charge in [-0.2, -0.15) is 0 Å². The molecule has 0 bridgehead atoms. The van der Waals surface area contributed by atoms with E-state index in [0.717, 1.165) is 37.9 Å². The zero-order valence-electron chi connectivity index (χ0n) is 11.8. The first-order valence-corrected chi connectivity index (χ1v) is 7.17. The molecule has 0 saturated carbocycles. The number of carbonyl (C=O) groups is 1. The van der Waals surface area contributed by atoms with E-state index in [4.69, 9.17) is 0 Å². The Bertz CT molecular complexity index is 407. The Balaban J connectivity index is 2.05. The van der Waals surface area contributed by atoms with Crippen LogP contribution in [0.4, 0.5) is 0 Å². The van der Waals surface area contributed by atoms with Crippen LogP contribution in [0.25, 0.3) is 0 Å². The highest BCUT2D eigenvalue weighted by Gasteiger charge is 2.31. The number of hydrogen-bond donors (Lipinski definition) is 1. The third-order valence-corrected chi connectivity index (χ3v) is 3.75. The zero-order chi connectivity index (χ0) is 13.7. The summed E-state index contributed by atoms with van der Waals surface area (Å²) in [4.78, 5) is 18.6. The Labute approximate surface area is 115 Å². The summed E-state index contributed by atoms with van der Waals surface area (Å²) >= 11 is 0. The van der Waals surface area contributed by atoms with Crippen LogP contribution < -0.4 is 5.32 Å². The standard InChI is InChI=1S/C15H23N3O/c1-3-8-17-14-7-5-10-18(15(14)19)12(2)13-6-4-9-16-11-13/h4,6,9,11-12,14,17H,3,5,7-8,10H2,1-2H3. The van der Waals surface area contributed by atoms with Gasteiger partial charge in [-0.1, -0.05) is 13.0 Å². The highest BCUT2D eigenvalue weighted by molar-refractivity contribution is 5.83. The van der Waals surface area contributed by atoms with Gasteiger partial charge in [-0.3, -0.25) is 9.78 Å². The summed E-state index contributed by atoms with van der Waals surface area (Å²) in [6.45, 7) is 5.96. The predicted molar refractivity (Wildman–Crippen MR) is 75.7 cm³/mol. The zero-order valence-corrected chi connectivity index (χ0v) is 11.8. The second-order valence-electron chi connectivity index (χ2n) is 5.14. The van der Waals surface area contributed by atoms with Gasteiger partial charge in [0.25, 0.3) is 0 Å². The molecule has 4 nitrogen and oxygen atoms in total. The van der Waals surface area contributed by atoms with E-state index in [1.54, 1.807) is 6.20 Å². The molecule has 1 aliphatic heterocycles. The van der Waals surface area contributed by atoms with Crippen molar-refractivity contribution in [2.24, 2.45) is 0 Å². The second kappa shape index (κ2) is 6.66. The minimum atomic E-state index is -0.00665. The van der Waals surface area contributed by atoms with E-state index < -0.39 is 0 Å². The summed E-state index contributed by atoms with van der Waals surface area (Å²) in [5, 5.41) is 3.35. The molecule has 19 heavy (non-hydrogen) atoms. The van der Waals surface area contributed by atoms with E-state index in [-0.39, 0.29) is 18.0 Å². The van der Waals surface area contributed by atoms with Gasteiger partial charge in [0.2, 0.25) is 5.91 Å². The van der Waals surface area contributed by atoms with E-state index in [2.05, 4.69) is 24.1 Å². The van der Waals surface area contributed by atoms with Crippen LogP contribution in [-0.4, -0.2) is 34.9 Å². The monoisotopic (exact) mass is 261 g/mol. The lowest BCUT2D eigenvalue weighted by Gasteiger charge is -2.37. The largest absolute Gasteiger partial charge is 0.335 e. The molecule has 0 radical (unpaired) electrons. The molecule has 1 saturated heterocycles. The lowest BCUT2D eigenvalue weighted by molar-refractivity contribution is -0.138. The lowest BCUT2D eigenvalue weighted by atomic mass is 10.0. The fraction of sp³-hybridized carbons (Fsp3) is 0.600. The van der Waals surface area contributed by atoms with Crippen LogP contribution in [-0.2, 0) is 4.79 Å². The fourth-order valence-corrected chi connectivity index (χ4v) is 2.60. The number of rotatable bonds is 5. The highest BCUT2D eigenvalue weighted by Crippen LogP contribution is 2.24. The number of hydrogen-bond acceptors (Lipinski definition) is 3. The number of nitrogens with zero attached hydrogens (tertiary/aromatic N) is 2. The molecule has 104 valence electrons. The van der Waals surface area contributed by atoms with Crippen LogP contribution in [0.15, 0.2) is 24.5 Å². The third-order valence-electron chi connectivity index (χ3n) is 3.75. The Morgan fingerprint density at radius 3 is 3.11 bits per heavy atom. The number of nitrogens with one attached hydrogen (secondary N) is 1. The molecular weight excluding hydrogens is 238 g/mol. The predicted octanol–water partition coefficient (Wildman–Crippen LogP) is 2.13. The first-order chi connectivity index (χ1) is 9.24. The van der Waals surface area contributed by atoms with Crippen molar-refractivity contribution < 1.29 is 4.79 Å². The topological polar surface area (TPSA) is 45.2 Å². The molecular formula is C15H23N3O. The molecule has 4 heteroatoms. The van der Waals surface area contributed by atoms with Gasteiger partial charge in [-0.15, -0.1) is 0 Å². The molecule has 1 N–H and O–H groups in total. The molecule has 2 rings (SSSR count). The number of aromatic nitrogens is 1. The van der Waals surface area contributed by atoms with Crippen LogP contribution in [0, 0.1) is 0 Å². The molecule has 0 aromatic carbocycles. The number of pyridine rings is 1. The molecule has 1 aromatic heterocycles. The second-order valence-corrected chi connectivity index (χ2v) is 5.14. The van der Waals surface area contributed by atoms with Crippen molar-refractivity contribution in [2.75, 3.05) is 13.1 Å². The maximum absolute atomic E-state index is 12.5. The minimum absolute atomic E-state index is 0.00665. The van der Waals surface area contributed by atoms with Crippen molar-refractivity contribution in [1.29, 1.82) is 0 Å². The summed E-state index contributed by atoms with van der Waals surface area (Å²) in [5.41, 5.74) is 1.10. The van der Waals surface area contributed by atoms with E-state index >= 15 is 0 Å². The first kappa shape index (κ1) is 14.0. The van der Waals surface area contributed by atoms with Crippen LogP contribution in [0.3, 0.4) is 0 Å². The van der Waals surface area contributed by atoms with Crippen LogP contribution >= 0.6 is 0 Å². The molecule has 1 amide bonds. The number of likely N-dealkylation sites (tertiary alicyclic amines) is 1. The molecule has 2 atom stereocenters. The summed E-state index contributed by atoms with van der Waals surface area (Å²) in [7, 11) is 0. The van der Waals surface area contributed by atoms with Gasteiger partial charge in [0.1, 0.15) is 0 Å². The Morgan fingerprint density at radius 1 is 1.58 bits per heavy atom. The molecule has 1 fully saturated rings. The molecule has 0 aliphatic carbocycles. The molecule has 0 spiro atoms. The summed E-state index contributed by atoms with van der Waals surface area (Å²) in [5.74, 6) is 0.232. The Morgan fingerprint density at radius 2 is 2.42 bits per heavy atom. The van der Waals surface area contributed by atoms with Crippen LogP contribution in [0.2, 0.25) is 0 Å². The molecule has 1 aliphatic rings. The van der Waals surface area contributed by atoms with E-state index in [1.165, 1.54) is 0 Å². The number of carbonyl (C=O) groups excluding carboxylic acids is 1. The number of piperidine rings is 1. The van der Waals surface area contributed by atoms with Crippen molar-refractivity contribution >= 4 is 5.91 Å². The lowest BCUT2D eigenvalue weighted by Crippen LogP contribution is -2.51. The number of amides is 1. The van der Waals surface area contributed by atoms with Gasteiger partial charge in [0.15, 0.2) is 0 Å². The minimum Gasteiger partial charge on any atom is -0.335 e. The Kier molecular flexibility index (Phi) is 4.91.